The summed E-state index contributed by atoms with van der Waals surface area (Å²) in [6, 6.07) is 12.6. The Morgan fingerprint density at radius 1 is 1.15 bits per heavy atom. The monoisotopic (exact) mass is 354 g/mol. The molecule has 0 spiro atoms. The maximum absolute atomic E-state index is 12.3. The van der Waals surface area contributed by atoms with Gasteiger partial charge in [0.15, 0.2) is 0 Å². The van der Waals surface area contributed by atoms with Crippen LogP contribution in [0.5, 0.6) is 5.75 Å². The number of hydrogen-bond donors (Lipinski definition) is 3. The van der Waals surface area contributed by atoms with Crippen LogP contribution in [0.1, 0.15) is 28.8 Å². The second-order valence-corrected chi connectivity index (χ2v) is 6.97. The van der Waals surface area contributed by atoms with Crippen molar-refractivity contribution in [3.05, 3.63) is 53.6 Å². The van der Waals surface area contributed by atoms with E-state index < -0.39 is 6.10 Å². The quantitative estimate of drug-likeness (QED) is 0.745. The van der Waals surface area contributed by atoms with Crippen LogP contribution in [0.4, 0.5) is 0 Å². The molecule has 1 aliphatic heterocycles. The van der Waals surface area contributed by atoms with E-state index in [9.17, 15) is 15.0 Å². The maximum atomic E-state index is 12.3. The molecular formula is C21H26N2O3. The van der Waals surface area contributed by atoms with Gasteiger partial charge in [0.1, 0.15) is 5.75 Å². The van der Waals surface area contributed by atoms with E-state index in [1.54, 1.807) is 18.2 Å². The Morgan fingerprint density at radius 2 is 1.85 bits per heavy atom. The summed E-state index contributed by atoms with van der Waals surface area (Å²) in [4.78, 5) is 14.5. The van der Waals surface area contributed by atoms with Crippen LogP contribution >= 0.6 is 0 Å². The van der Waals surface area contributed by atoms with E-state index in [0.29, 0.717) is 12.1 Å². The molecule has 0 unspecified atom stereocenters. The first kappa shape index (κ1) is 18.4. The molecule has 1 heterocycles. The molecule has 3 rings (SSSR count). The number of likely N-dealkylation sites (tertiary alicyclic amines) is 1. The summed E-state index contributed by atoms with van der Waals surface area (Å²) in [6.45, 7) is 4.87. The molecule has 1 amide bonds. The number of nitrogens with one attached hydrogen (secondary N) is 1. The van der Waals surface area contributed by atoms with Crippen molar-refractivity contribution in [3.8, 4) is 16.9 Å². The van der Waals surface area contributed by atoms with Gasteiger partial charge in [0.2, 0.25) is 0 Å². The Morgan fingerprint density at radius 3 is 2.54 bits per heavy atom. The lowest BCUT2D eigenvalue weighted by Gasteiger charge is -2.19. The zero-order valence-electron chi connectivity index (χ0n) is 15.1. The number of aliphatic hydroxyl groups is 1. The summed E-state index contributed by atoms with van der Waals surface area (Å²) in [5.41, 5.74) is 3.20. The van der Waals surface area contributed by atoms with E-state index in [1.807, 2.05) is 31.2 Å². The lowest BCUT2D eigenvalue weighted by atomic mass is 10.0. The Balaban J connectivity index is 1.57. The van der Waals surface area contributed by atoms with Crippen molar-refractivity contribution in [1.82, 2.24) is 10.2 Å². The molecule has 1 saturated heterocycles. The van der Waals surface area contributed by atoms with Crippen molar-refractivity contribution in [2.75, 3.05) is 26.2 Å². The van der Waals surface area contributed by atoms with E-state index in [0.717, 1.165) is 29.8 Å². The molecular weight excluding hydrogens is 328 g/mol. The minimum Gasteiger partial charge on any atom is -0.507 e. The summed E-state index contributed by atoms with van der Waals surface area (Å²) in [5, 5.41) is 22.9. The number of benzene rings is 2. The molecule has 0 aliphatic carbocycles. The Kier molecular flexibility index (Phi) is 5.91. The topological polar surface area (TPSA) is 72.8 Å². The molecule has 1 fully saturated rings. The standard InChI is InChI=1S/C21H26N2O3/c1-15-4-9-20(25)19(12-15)16-5-7-17(8-6-16)21(26)22-13-18(24)14-23-10-2-3-11-23/h4-9,12,18,24-25H,2-3,10-11,13-14H2,1H3,(H,22,26)/t18-/m0/s1. The molecule has 26 heavy (non-hydrogen) atoms. The van der Waals surface area contributed by atoms with Crippen molar-refractivity contribution in [2.24, 2.45) is 0 Å². The van der Waals surface area contributed by atoms with Crippen LogP contribution in [-0.4, -0.2) is 53.3 Å². The zero-order chi connectivity index (χ0) is 18.5. The third-order valence-electron chi connectivity index (χ3n) is 4.78. The predicted molar refractivity (Wildman–Crippen MR) is 102 cm³/mol. The summed E-state index contributed by atoms with van der Waals surface area (Å²) in [5.74, 6) is 0.0170. The molecule has 2 aromatic carbocycles. The number of phenols is 1. The molecule has 1 aliphatic rings. The van der Waals surface area contributed by atoms with Crippen molar-refractivity contribution >= 4 is 5.91 Å². The molecule has 5 nitrogen and oxygen atoms in total. The number of hydrogen-bond acceptors (Lipinski definition) is 4. The number of aliphatic hydroxyl groups excluding tert-OH is 1. The van der Waals surface area contributed by atoms with Crippen molar-refractivity contribution in [2.45, 2.75) is 25.9 Å². The van der Waals surface area contributed by atoms with Gasteiger partial charge in [0.05, 0.1) is 6.10 Å². The highest BCUT2D eigenvalue weighted by Crippen LogP contribution is 2.30. The summed E-state index contributed by atoms with van der Waals surface area (Å²) < 4.78 is 0. The molecule has 138 valence electrons. The van der Waals surface area contributed by atoms with Crippen LogP contribution in [0.3, 0.4) is 0 Å². The Hall–Kier alpha value is -2.37. The van der Waals surface area contributed by atoms with Crippen LogP contribution in [-0.2, 0) is 0 Å². The van der Waals surface area contributed by atoms with Gasteiger partial charge in [0, 0.05) is 24.2 Å². The molecule has 0 radical (unpaired) electrons. The normalized spacial score (nSPS) is 15.8. The lowest BCUT2D eigenvalue weighted by Crippen LogP contribution is -2.39. The highest BCUT2D eigenvalue weighted by atomic mass is 16.3. The highest BCUT2D eigenvalue weighted by molar-refractivity contribution is 5.94. The number of β-amino-alcohol motifs (C(OH)–C–C–N with tert-alkyl or cyclic N) is 1. The van der Waals surface area contributed by atoms with E-state index >= 15 is 0 Å². The van der Waals surface area contributed by atoms with Crippen molar-refractivity contribution in [3.63, 3.8) is 0 Å². The molecule has 2 aromatic rings. The van der Waals surface area contributed by atoms with Crippen LogP contribution in [0.15, 0.2) is 42.5 Å². The number of nitrogens with zero attached hydrogens (tertiary/aromatic N) is 1. The van der Waals surface area contributed by atoms with Gasteiger partial charge in [-0.2, -0.15) is 0 Å². The molecule has 5 heteroatoms. The van der Waals surface area contributed by atoms with Gasteiger partial charge in [-0.15, -0.1) is 0 Å². The first-order valence-electron chi connectivity index (χ1n) is 9.11. The smallest absolute Gasteiger partial charge is 0.251 e. The molecule has 3 N–H and O–H groups in total. The number of carbonyl (C=O) groups excluding carboxylic acids is 1. The number of rotatable bonds is 6. The van der Waals surface area contributed by atoms with Crippen LogP contribution in [0, 0.1) is 6.92 Å². The van der Waals surface area contributed by atoms with Crippen molar-refractivity contribution < 1.29 is 15.0 Å². The van der Waals surface area contributed by atoms with Gasteiger partial charge in [-0.25, -0.2) is 0 Å². The van der Waals surface area contributed by atoms with E-state index in [-0.39, 0.29) is 18.2 Å². The third-order valence-corrected chi connectivity index (χ3v) is 4.78. The summed E-state index contributed by atoms with van der Waals surface area (Å²) in [6.07, 6.45) is 1.81. The van der Waals surface area contributed by atoms with E-state index in [2.05, 4.69) is 10.2 Å². The maximum Gasteiger partial charge on any atom is 0.251 e. The molecule has 0 aromatic heterocycles. The van der Waals surface area contributed by atoms with E-state index in [4.69, 9.17) is 0 Å². The van der Waals surface area contributed by atoms with Crippen molar-refractivity contribution in [1.29, 1.82) is 0 Å². The fraction of sp³-hybridized carbons (Fsp3) is 0.381. The van der Waals surface area contributed by atoms with E-state index in [1.165, 1.54) is 12.8 Å². The molecule has 1 atom stereocenters. The van der Waals surface area contributed by atoms with Crippen LogP contribution < -0.4 is 5.32 Å². The van der Waals surface area contributed by atoms with Gasteiger partial charge >= 0.3 is 0 Å². The largest absolute Gasteiger partial charge is 0.507 e. The predicted octanol–water partition coefficient (Wildman–Crippen LogP) is 2.55. The van der Waals surface area contributed by atoms with Gasteiger partial charge in [-0.05, 0) is 62.7 Å². The number of aromatic hydroxyl groups is 1. The second kappa shape index (κ2) is 8.34. The molecule has 0 saturated carbocycles. The number of phenolic OH excluding ortho intramolecular Hbond substituents is 1. The second-order valence-electron chi connectivity index (χ2n) is 6.97. The minimum absolute atomic E-state index is 0.203. The van der Waals surface area contributed by atoms with Gasteiger partial charge in [-0.3, -0.25) is 4.79 Å². The Bertz CT molecular complexity index is 752. The first-order valence-corrected chi connectivity index (χ1v) is 9.11. The SMILES string of the molecule is Cc1ccc(O)c(-c2ccc(C(=O)NC[C@H](O)CN3CCCC3)cc2)c1. The number of carbonyl (C=O) groups is 1. The third kappa shape index (κ3) is 4.62. The minimum atomic E-state index is -0.555. The lowest BCUT2D eigenvalue weighted by molar-refractivity contribution is 0.0879. The number of aryl methyl sites for hydroxylation is 1. The zero-order valence-corrected chi connectivity index (χ0v) is 15.1. The average molecular weight is 354 g/mol. The van der Waals surface area contributed by atoms with Gasteiger partial charge in [0.25, 0.3) is 5.91 Å². The fourth-order valence-corrected chi connectivity index (χ4v) is 3.32. The highest BCUT2D eigenvalue weighted by Gasteiger charge is 2.16. The van der Waals surface area contributed by atoms with Crippen LogP contribution in [0.2, 0.25) is 0 Å². The Labute approximate surface area is 154 Å². The molecule has 0 bridgehead atoms. The van der Waals surface area contributed by atoms with Gasteiger partial charge < -0.3 is 20.4 Å². The number of amides is 1. The average Bonchev–Trinajstić information content (AvgIpc) is 3.15. The van der Waals surface area contributed by atoms with Crippen LogP contribution in [0.25, 0.3) is 11.1 Å². The first-order chi connectivity index (χ1) is 12.5. The fourth-order valence-electron chi connectivity index (χ4n) is 3.32. The van der Waals surface area contributed by atoms with Gasteiger partial charge in [-0.1, -0.05) is 23.8 Å². The summed E-state index contributed by atoms with van der Waals surface area (Å²) in [7, 11) is 0. The summed E-state index contributed by atoms with van der Waals surface area (Å²) >= 11 is 0.